The summed E-state index contributed by atoms with van der Waals surface area (Å²) in [6.45, 7) is 9.21. The Morgan fingerprint density at radius 2 is 2.20 bits per heavy atom. The van der Waals surface area contributed by atoms with Gasteiger partial charge in [0.2, 0.25) is 0 Å². The lowest BCUT2D eigenvalue weighted by Crippen LogP contribution is -2.46. The molecule has 4 nitrogen and oxygen atoms in total. The Balaban J connectivity index is 1.84. The van der Waals surface area contributed by atoms with E-state index in [0.717, 1.165) is 57.1 Å². The van der Waals surface area contributed by atoms with E-state index in [1.807, 2.05) is 7.11 Å². The molecule has 1 aliphatic heterocycles. The standard InChI is InChI=1S/C16H28N2O2/c1-4-9-17-11-14-6-7-15(20-14)12-18-10-5-8-16(2,13-18)19-3/h6-7,17H,4-5,8-13H2,1-3H3. The first-order chi connectivity index (χ1) is 9.65. The second kappa shape index (κ2) is 7.25. The molecular formula is C16H28N2O2. The van der Waals surface area contributed by atoms with Crippen molar-refractivity contribution in [3.63, 3.8) is 0 Å². The fourth-order valence-electron chi connectivity index (χ4n) is 2.82. The number of nitrogens with one attached hydrogen (secondary N) is 1. The van der Waals surface area contributed by atoms with Crippen molar-refractivity contribution in [1.29, 1.82) is 0 Å². The van der Waals surface area contributed by atoms with Gasteiger partial charge in [0.15, 0.2) is 0 Å². The van der Waals surface area contributed by atoms with Crippen LogP contribution in [0.1, 0.15) is 44.6 Å². The molecule has 1 unspecified atom stereocenters. The summed E-state index contributed by atoms with van der Waals surface area (Å²) in [4.78, 5) is 2.43. The molecule has 0 aliphatic carbocycles. The van der Waals surface area contributed by atoms with Crippen LogP contribution in [0, 0.1) is 0 Å². The van der Waals surface area contributed by atoms with E-state index in [1.165, 1.54) is 6.42 Å². The van der Waals surface area contributed by atoms with Crippen LogP contribution in [0.3, 0.4) is 0 Å². The number of hydrogen-bond acceptors (Lipinski definition) is 4. The Morgan fingerprint density at radius 1 is 1.40 bits per heavy atom. The third-order valence-electron chi connectivity index (χ3n) is 4.05. The average Bonchev–Trinajstić information content (AvgIpc) is 2.87. The van der Waals surface area contributed by atoms with E-state index in [-0.39, 0.29) is 5.60 Å². The zero-order valence-electron chi connectivity index (χ0n) is 13.1. The molecule has 0 bridgehead atoms. The minimum Gasteiger partial charge on any atom is -0.463 e. The monoisotopic (exact) mass is 280 g/mol. The summed E-state index contributed by atoms with van der Waals surface area (Å²) in [6, 6.07) is 4.18. The minimum atomic E-state index is -0.00362. The molecule has 1 atom stereocenters. The van der Waals surface area contributed by atoms with Crippen molar-refractivity contribution in [1.82, 2.24) is 10.2 Å². The Hall–Kier alpha value is -0.840. The summed E-state index contributed by atoms with van der Waals surface area (Å²) in [5.74, 6) is 2.08. The molecule has 2 rings (SSSR count). The molecule has 114 valence electrons. The van der Waals surface area contributed by atoms with Crippen LogP contribution in [0.5, 0.6) is 0 Å². The van der Waals surface area contributed by atoms with E-state index in [9.17, 15) is 0 Å². The van der Waals surface area contributed by atoms with Gasteiger partial charge in [-0.05, 0) is 51.4 Å². The van der Waals surface area contributed by atoms with Gasteiger partial charge in [-0.25, -0.2) is 0 Å². The van der Waals surface area contributed by atoms with Gasteiger partial charge in [-0.1, -0.05) is 6.92 Å². The topological polar surface area (TPSA) is 37.6 Å². The second-order valence-corrected chi connectivity index (χ2v) is 6.01. The number of hydrogen-bond donors (Lipinski definition) is 1. The summed E-state index contributed by atoms with van der Waals surface area (Å²) >= 11 is 0. The van der Waals surface area contributed by atoms with Crippen LogP contribution >= 0.6 is 0 Å². The lowest BCUT2D eigenvalue weighted by molar-refractivity contribution is -0.0539. The fourth-order valence-corrected chi connectivity index (χ4v) is 2.82. The summed E-state index contributed by atoms with van der Waals surface area (Å²) in [6.07, 6.45) is 3.48. The zero-order valence-corrected chi connectivity index (χ0v) is 13.1. The largest absolute Gasteiger partial charge is 0.463 e. The molecule has 2 heterocycles. The quantitative estimate of drug-likeness (QED) is 0.779. The van der Waals surface area contributed by atoms with Crippen LogP contribution in [-0.4, -0.2) is 37.2 Å². The number of methoxy groups -OCH3 is 1. The summed E-state index contributed by atoms with van der Waals surface area (Å²) in [7, 11) is 1.81. The molecule has 20 heavy (non-hydrogen) atoms. The van der Waals surface area contributed by atoms with Gasteiger partial charge >= 0.3 is 0 Å². The van der Waals surface area contributed by atoms with Gasteiger partial charge < -0.3 is 14.5 Å². The molecule has 0 aromatic carbocycles. The van der Waals surface area contributed by atoms with E-state index < -0.39 is 0 Å². The van der Waals surface area contributed by atoms with Gasteiger partial charge in [-0.15, -0.1) is 0 Å². The molecule has 0 spiro atoms. The number of rotatable bonds is 7. The van der Waals surface area contributed by atoms with Crippen LogP contribution in [0.4, 0.5) is 0 Å². The van der Waals surface area contributed by atoms with Crippen LogP contribution < -0.4 is 5.32 Å². The number of nitrogens with zero attached hydrogens (tertiary/aromatic N) is 1. The van der Waals surface area contributed by atoms with Crippen LogP contribution in [0.25, 0.3) is 0 Å². The fraction of sp³-hybridized carbons (Fsp3) is 0.750. The smallest absolute Gasteiger partial charge is 0.118 e. The lowest BCUT2D eigenvalue weighted by atomic mass is 9.95. The van der Waals surface area contributed by atoms with Crippen molar-refractivity contribution < 1.29 is 9.15 Å². The summed E-state index contributed by atoms with van der Waals surface area (Å²) < 4.78 is 11.5. The van der Waals surface area contributed by atoms with Crippen molar-refractivity contribution in [2.75, 3.05) is 26.7 Å². The molecular weight excluding hydrogens is 252 g/mol. The van der Waals surface area contributed by atoms with Crippen LogP contribution in [-0.2, 0) is 17.8 Å². The van der Waals surface area contributed by atoms with Crippen molar-refractivity contribution in [3.8, 4) is 0 Å². The Bertz CT molecular complexity index is 405. The normalized spacial score (nSPS) is 24.1. The number of furan rings is 1. The molecule has 1 saturated heterocycles. The zero-order chi connectivity index (χ0) is 14.4. The number of ether oxygens (including phenoxy) is 1. The van der Waals surface area contributed by atoms with Crippen molar-refractivity contribution in [2.24, 2.45) is 0 Å². The third kappa shape index (κ3) is 4.33. The predicted molar refractivity (Wildman–Crippen MR) is 80.6 cm³/mol. The SMILES string of the molecule is CCCNCc1ccc(CN2CCCC(C)(OC)C2)o1. The van der Waals surface area contributed by atoms with E-state index >= 15 is 0 Å². The third-order valence-corrected chi connectivity index (χ3v) is 4.05. The van der Waals surface area contributed by atoms with Gasteiger partial charge in [0.25, 0.3) is 0 Å². The molecule has 0 amide bonds. The first-order valence-electron chi connectivity index (χ1n) is 7.71. The molecule has 1 fully saturated rings. The molecule has 1 N–H and O–H groups in total. The van der Waals surface area contributed by atoms with E-state index in [2.05, 4.69) is 36.2 Å². The van der Waals surface area contributed by atoms with E-state index in [4.69, 9.17) is 9.15 Å². The first kappa shape index (κ1) is 15.5. The first-order valence-corrected chi connectivity index (χ1v) is 7.71. The molecule has 0 radical (unpaired) electrons. The highest BCUT2D eigenvalue weighted by molar-refractivity contribution is 5.07. The van der Waals surface area contributed by atoms with E-state index in [1.54, 1.807) is 0 Å². The summed E-state index contributed by atoms with van der Waals surface area (Å²) in [5, 5.41) is 3.36. The highest BCUT2D eigenvalue weighted by Gasteiger charge is 2.30. The highest BCUT2D eigenvalue weighted by atomic mass is 16.5. The molecule has 1 aliphatic rings. The van der Waals surface area contributed by atoms with E-state index in [0.29, 0.717) is 0 Å². The van der Waals surface area contributed by atoms with Gasteiger partial charge in [0.05, 0.1) is 18.7 Å². The van der Waals surface area contributed by atoms with Gasteiger partial charge in [0, 0.05) is 13.7 Å². The minimum absolute atomic E-state index is 0.00362. The average molecular weight is 280 g/mol. The highest BCUT2D eigenvalue weighted by Crippen LogP contribution is 2.25. The van der Waals surface area contributed by atoms with Crippen LogP contribution in [0.15, 0.2) is 16.5 Å². The molecule has 0 saturated carbocycles. The molecule has 4 heteroatoms. The Morgan fingerprint density at radius 3 is 2.95 bits per heavy atom. The molecule has 1 aromatic heterocycles. The maximum absolute atomic E-state index is 5.89. The van der Waals surface area contributed by atoms with Gasteiger partial charge in [-0.3, -0.25) is 4.90 Å². The van der Waals surface area contributed by atoms with Crippen molar-refractivity contribution >= 4 is 0 Å². The van der Waals surface area contributed by atoms with Crippen LogP contribution in [0.2, 0.25) is 0 Å². The van der Waals surface area contributed by atoms with Gasteiger partial charge in [-0.2, -0.15) is 0 Å². The van der Waals surface area contributed by atoms with Crippen molar-refractivity contribution in [2.45, 2.75) is 51.8 Å². The Kier molecular flexibility index (Phi) is 5.64. The second-order valence-electron chi connectivity index (χ2n) is 6.01. The maximum Gasteiger partial charge on any atom is 0.118 e. The lowest BCUT2D eigenvalue weighted by Gasteiger charge is -2.39. The van der Waals surface area contributed by atoms with Crippen molar-refractivity contribution in [3.05, 3.63) is 23.7 Å². The Labute approximate surface area is 122 Å². The molecule has 1 aromatic rings. The predicted octanol–water partition coefficient (Wildman–Crippen LogP) is 2.78. The van der Waals surface area contributed by atoms with Gasteiger partial charge in [0.1, 0.15) is 11.5 Å². The maximum atomic E-state index is 5.89. The number of piperidine rings is 1. The number of likely N-dealkylation sites (tertiary alicyclic amines) is 1. The summed E-state index contributed by atoms with van der Waals surface area (Å²) in [5.41, 5.74) is -0.00362.